The molecule has 0 aliphatic carbocycles. The van der Waals surface area contributed by atoms with Gasteiger partial charge in [-0.1, -0.05) is 23.1 Å². The molecule has 2 atom stereocenters. The van der Waals surface area contributed by atoms with Crippen molar-refractivity contribution < 1.29 is 8.78 Å². The van der Waals surface area contributed by atoms with Crippen LogP contribution in [0, 0.1) is 32.4 Å². The predicted octanol–water partition coefficient (Wildman–Crippen LogP) is 5.80. The number of nitrogens with two attached hydrogens (primary N) is 1. The first-order valence-corrected chi connectivity index (χ1v) is 14.1. The van der Waals surface area contributed by atoms with Crippen molar-refractivity contribution in [2.24, 2.45) is 10.8 Å². The maximum atomic E-state index is 15.1. The van der Waals surface area contributed by atoms with Crippen LogP contribution in [0.3, 0.4) is 0 Å². The summed E-state index contributed by atoms with van der Waals surface area (Å²) in [6, 6.07) is 3.47. The minimum atomic E-state index is -0.981. The van der Waals surface area contributed by atoms with E-state index in [4.69, 9.17) is 15.7 Å². The molecule has 4 aromatic rings. The molecular formula is C22H21F2N7S4. The number of rotatable bonds is 7. The molecule has 1 aliphatic rings. The lowest BCUT2D eigenvalue weighted by atomic mass is 9.88. The van der Waals surface area contributed by atoms with Gasteiger partial charge in [0.05, 0.1) is 31.8 Å². The summed E-state index contributed by atoms with van der Waals surface area (Å²) >= 11 is 5.72. The summed E-state index contributed by atoms with van der Waals surface area (Å²) in [6.45, 7) is 6.06. The molecule has 3 aromatic heterocycles. The lowest BCUT2D eigenvalue weighted by Crippen LogP contribution is -2.44. The van der Waals surface area contributed by atoms with Gasteiger partial charge < -0.3 is 5.73 Å². The second-order valence-electron chi connectivity index (χ2n) is 7.91. The van der Waals surface area contributed by atoms with Gasteiger partial charge in [0, 0.05) is 16.9 Å². The summed E-state index contributed by atoms with van der Waals surface area (Å²) in [5, 5.41) is 20.1. The van der Waals surface area contributed by atoms with Crippen molar-refractivity contribution in [1.29, 1.82) is 0 Å². The summed E-state index contributed by atoms with van der Waals surface area (Å²) < 4.78 is 29.3. The Balaban J connectivity index is 1.80. The number of thiazole rings is 2. The van der Waals surface area contributed by atoms with E-state index >= 15 is 4.39 Å². The van der Waals surface area contributed by atoms with Crippen molar-refractivity contribution in [3.8, 4) is 10.4 Å². The molecule has 7 nitrogen and oxygen atoms in total. The minimum Gasteiger partial charge on any atom is -0.330 e. The van der Waals surface area contributed by atoms with Gasteiger partial charge in [-0.05, 0) is 51.9 Å². The van der Waals surface area contributed by atoms with Gasteiger partial charge in [0.15, 0.2) is 4.87 Å². The Morgan fingerprint density at radius 2 is 1.89 bits per heavy atom. The number of hydrazone groups is 1. The topological polar surface area (TPSA) is 93.2 Å². The van der Waals surface area contributed by atoms with Gasteiger partial charge in [0.2, 0.25) is 5.13 Å². The molecule has 0 fully saturated rings. The van der Waals surface area contributed by atoms with Gasteiger partial charge in [0.25, 0.3) is 0 Å². The lowest BCUT2D eigenvalue weighted by Gasteiger charge is -2.40. The Kier molecular flexibility index (Phi) is 6.70. The zero-order valence-corrected chi connectivity index (χ0v) is 22.3. The van der Waals surface area contributed by atoms with E-state index in [1.165, 1.54) is 40.5 Å². The van der Waals surface area contributed by atoms with Crippen molar-refractivity contribution in [3.05, 3.63) is 61.6 Å². The monoisotopic (exact) mass is 549 g/mol. The third-order valence-corrected chi connectivity index (χ3v) is 9.39. The molecule has 2 unspecified atom stereocenters. The largest absolute Gasteiger partial charge is 0.330 e. The van der Waals surface area contributed by atoms with Crippen LogP contribution in [0.15, 0.2) is 28.7 Å². The molecule has 0 spiro atoms. The SMILES string of the molecule is Cc1nc(C(CCN)C2(c3nc(C)sc3-c3cc(F)ccc3F)SC=NN2c2nnc(C)s2)cs1. The number of thioether (sulfide) groups is 1. The van der Waals surface area contributed by atoms with Gasteiger partial charge in [-0.15, -0.1) is 32.9 Å². The van der Waals surface area contributed by atoms with E-state index in [0.29, 0.717) is 28.7 Å². The van der Waals surface area contributed by atoms with E-state index in [9.17, 15) is 4.39 Å². The summed E-state index contributed by atoms with van der Waals surface area (Å²) in [7, 11) is 0. The molecular weight excluding hydrogens is 529 g/mol. The molecule has 0 saturated heterocycles. The van der Waals surface area contributed by atoms with Crippen LogP contribution in [0.4, 0.5) is 13.9 Å². The second kappa shape index (κ2) is 9.62. The minimum absolute atomic E-state index is 0.159. The number of aryl methyl sites for hydroxylation is 3. The second-order valence-corrected chi connectivity index (χ2v) is 12.4. The molecule has 1 aromatic carbocycles. The molecule has 0 saturated carbocycles. The van der Waals surface area contributed by atoms with Gasteiger partial charge in [-0.2, -0.15) is 5.10 Å². The maximum Gasteiger partial charge on any atom is 0.230 e. The lowest BCUT2D eigenvalue weighted by molar-refractivity contribution is 0.437. The number of benzene rings is 1. The van der Waals surface area contributed by atoms with Crippen LogP contribution in [0.2, 0.25) is 0 Å². The van der Waals surface area contributed by atoms with Crippen LogP contribution >= 0.6 is 45.8 Å². The molecule has 1 aliphatic heterocycles. The highest BCUT2D eigenvalue weighted by Gasteiger charge is 2.54. The third kappa shape index (κ3) is 4.29. The normalized spacial score (nSPS) is 18.5. The number of nitrogens with zero attached hydrogens (tertiary/aromatic N) is 6. The summed E-state index contributed by atoms with van der Waals surface area (Å²) in [6.07, 6.45) is 0.565. The Morgan fingerprint density at radius 3 is 2.57 bits per heavy atom. The molecule has 182 valence electrons. The number of halogens is 2. The standard InChI is InChI=1S/C22H21F2N7S4/c1-11-27-18(9-32-11)16(6-7-25)22(31(26-10-33-22)21-30-29-13(3)35-21)20-19(34-12(2)28-20)15-8-14(23)4-5-17(15)24/h4-5,8-10,16H,6-7,25H2,1-3H3. The fourth-order valence-corrected chi connectivity index (χ4v) is 7.86. The van der Waals surface area contributed by atoms with E-state index in [0.717, 1.165) is 32.8 Å². The number of hydrogen-bond acceptors (Lipinski definition) is 11. The molecule has 0 amide bonds. The van der Waals surface area contributed by atoms with Crippen LogP contribution in [0.1, 0.15) is 38.7 Å². The van der Waals surface area contributed by atoms with Crippen LogP contribution < -0.4 is 10.7 Å². The fourth-order valence-electron chi connectivity index (χ4n) is 4.18. The molecule has 0 radical (unpaired) electrons. The van der Waals surface area contributed by atoms with E-state index in [2.05, 4.69) is 15.3 Å². The van der Waals surface area contributed by atoms with Gasteiger partial charge in [-0.25, -0.2) is 23.8 Å². The van der Waals surface area contributed by atoms with Crippen molar-refractivity contribution >= 4 is 56.5 Å². The Hall–Kier alpha value is -2.32. The van der Waals surface area contributed by atoms with Crippen LogP contribution in [-0.4, -0.2) is 32.3 Å². The van der Waals surface area contributed by atoms with Crippen molar-refractivity contribution in [3.63, 3.8) is 0 Å². The third-order valence-electron chi connectivity index (χ3n) is 5.57. The van der Waals surface area contributed by atoms with Crippen molar-refractivity contribution in [2.75, 3.05) is 11.6 Å². The zero-order valence-electron chi connectivity index (χ0n) is 19.0. The average Bonchev–Trinajstić information content (AvgIpc) is 3.61. The number of hydrogen-bond donors (Lipinski definition) is 1. The van der Waals surface area contributed by atoms with Crippen LogP contribution in [0.5, 0.6) is 0 Å². The maximum absolute atomic E-state index is 15.1. The molecule has 13 heteroatoms. The number of anilines is 1. The van der Waals surface area contributed by atoms with Gasteiger partial charge in [-0.3, -0.25) is 0 Å². The van der Waals surface area contributed by atoms with Crippen LogP contribution in [0.25, 0.3) is 10.4 Å². The summed E-state index contributed by atoms with van der Waals surface area (Å²) in [4.78, 5) is 9.26. The first-order chi connectivity index (χ1) is 16.8. The zero-order chi connectivity index (χ0) is 24.7. The molecule has 0 bridgehead atoms. The fraction of sp³-hybridized carbons (Fsp3) is 0.318. The summed E-state index contributed by atoms with van der Waals surface area (Å²) in [5.41, 5.74) is 9.43. The van der Waals surface area contributed by atoms with E-state index in [1.807, 2.05) is 26.2 Å². The molecule has 4 heterocycles. The number of aromatic nitrogens is 4. The molecule has 2 N–H and O–H groups in total. The Morgan fingerprint density at radius 1 is 1.06 bits per heavy atom. The first-order valence-electron chi connectivity index (χ1n) is 10.7. The Bertz CT molecular complexity index is 1400. The highest BCUT2D eigenvalue weighted by molar-refractivity contribution is 8.13. The predicted molar refractivity (Wildman–Crippen MR) is 140 cm³/mol. The van der Waals surface area contributed by atoms with Crippen molar-refractivity contribution in [1.82, 2.24) is 20.2 Å². The summed E-state index contributed by atoms with van der Waals surface area (Å²) in [5.74, 6) is -1.31. The average molecular weight is 550 g/mol. The molecule has 5 rings (SSSR count). The highest BCUT2D eigenvalue weighted by Crippen LogP contribution is 2.58. The van der Waals surface area contributed by atoms with E-state index in [1.54, 1.807) is 21.9 Å². The van der Waals surface area contributed by atoms with Gasteiger partial charge >= 0.3 is 0 Å². The molecule has 35 heavy (non-hydrogen) atoms. The smallest absolute Gasteiger partial charge is 0.230 e. The van der Waals surface area contributed by atoms with E-state index < -0.39 is 16.5 Å². The van der Waals surface area contributed by atoms with Gasteiger partial charge in [0.1, 0.15) is 16.6 Å². The van der Waals surface area contributed by atoms with E-state index in [-0.39, 0.29) is 11.5 Å². The van der Waals surface area contributed by atoms with Crippen molar-refractivity contribution in [2.45, 2.75) is 38.0 Å². The first kappa shape index (κ1) is 24.4. The van der Waals surface area contributed by atoms with Crippen LogP contribution in [-0.2, 0) is 4.87 Å². The quantitative estimate of drug-likeness (QED) is 0.311. The Labute approximate surface area is 217 Å². The highest BCUT2D eigenvalue weighted by atomic mass is 32.2.